The molecule has 0 spiro atoms. The lowest BCUT2D eigenvalue weighted by molar-refractivity contribution is -0.117. The van der Waals surface area contributed by atoms with Crippen LogP contribution in [0.1, 0.15) is 6.92 Å². The molecular formula is C9H13N3O2. The second kappa shape index (κ2) is 4.04. The number of rotatable bonds is 3. The van der Waals surface area contributed by atoms with Gasteiger partial charge in [0.15, 0.2) is 5.78 Å². The number of aromatic nitrogens is 2. The van der Waals surface area contributed by atoms with Crippen LogP contribution in [0.2, 0.25) is 0 Å². The Morgan fingerprint density at radius 2 is 2.21 bits per heavy atom. The molecule has 0 bridgehead atoms. The summed E-state index contributed by atoms with van der Waals surface area (Å²) in [4.78, 5) is 24.0. The number of ketones is 1. The normalized spacial score (nSPS) is 9.93. The van der Waals surface area contributed by atoms with Crippen molar-refractivity contribution >= 4 is 11.5 Å². The summed E-state index contributed by atoms with van der Waals surface area (Å²) in [5, 5.41) is 3.88. The summed E-state index contributed by atoms with van der Waals surface area (Å²) >= 11 is 0. The molecule has 14 heavy (non-hydrogen) atoms. The highest BCUT2D eigenvalue weighted by atomic mass is 16.1. The van der Waals surface area contributed by atoms with Crippen molar-refractivity contribution in [3.63, 3.8) is 0 Å². The third-order valence-electron chi connectivity index (χ3n) is 1.74. The first kappa shape index (κ1) is 10.4. The maximum Gasteiger partial charge on any atom is 0.269 e. The van der Waals surface area contributed by atoms with Crippen LogP contribution in [0, 0.1) is 0 Å². The molecular weight excluding hydrogens is 182 g/mol. The van der Waals surface area contributed by atoms with E-state index in [-0.39, 0.29) is 17.9 Å². The van der Waals surface area contributed by atoms with Crippen molar-refractivity contribution in [3.05, 3.63) is 22.6 Å². The van der Waals surface area contributed by atoms with Gasteiger partial charge in [0.25, 0.3) is 5.56 Å². The Balaban J connectivity index is 3.02. The van der Waals surface area contributed by atoms with Gasteiger partial charge in [-0.1, -0.05) is 0 Å². The molecule has 0 aromatic carbocycles. The van der Waals surface area contributed by atoms with Crippen LogP contribution in [-0.2, 0) is 11.3 Å². The van der Waals surface area contributed by atoms with Crippen LogP contribution >= 0.6 is 0 Å². The molecule has 0 N–H and O–H groups in total. The standard InChI is InChI=1S/C9H13N3O2/c1-7(13)6-12-9(14)4-8(5-10-12)11(2)3/h4-5H,6H2,1-3H3. The molecule has 0 aliphatic heterocycles. The largest absolute Gasteiger partial charge is 0.376 e. The molecule has 5 heteroatoms. The van der Waals surface area contributed by atoms with E-state index in [9.17, 15) is 9.59 Å². The first-order chi connectivity index (χ1) is 6.50. The van der Waals surface area contributed by atoms with E-state index in [2.05, 4.69) is 5.10 Å². The number of hydrogen-bond donors (Lipinski definition) is 0. The van der Waals surface area contributed by atoms with Crippen LogP contribution in [0.15, 0.2) is 17.1 Å². The summed E-state index contributed by atoms with van der Waals surface area (Å²) < 4.78 is 1.15. The highest BCUT2D eigenvalue weighted by Crippen LogP contribution is 2.02. The molecule has 5 nitrogen and oxygen atoms in total. The van der Waals surface area contributed by atoms with Crippen molar-refractivity contribution in [2.45, 2.75) is 13.5 Å². The van der Waals surface area contributed by atoms with E-state index in [1.807, 2.05) is 14.1 Å². The van der Waals surface area contributed by atoms with Gasteiger partial charge in [-0.25, -0.2) is 4.68 Å². The SMILES string of the molecule is CC(=O)Cn1ncc(N(C)C)cc1=O. The molecule has 0 aliphatic carbocycles. The quantitative estimate of drug-likeness (QED) is 0.675. The van der Waals surface area contributed by atoms with Gasteiger partial charge in [-0.15, -0.1) is 0 Å². The Labute approximate surface area is 82.0 Å². The van der Waals surface area contributed by atoms with Gasteiger partial charge in [0.1, 0.15) is 6.54 Å². The lowest BCUT2D eigenvalue weighted by Crippen LogP contribution is -2.26. The number of anilines is 1. The summed E-state index contributed by atoms with van der Waals surface area (Å²) in [5.74, 6) is -0.0859. The zero-order valence-corrected chi connectivity index (χ0v) is 8.52. The molecule has 1 rings (SSSR count). The van der Waals surface area contributed by atoms with E-state index >= 15 is 0 Å². The van der Waals surface area contributed by atoms with Crippen LogP contribution in [-0.4, -0.2) is 29.7 Å². The Bertz CT molecular complexity index is 395. The molecule has 0 aliphatic rings. The molecule has 0 amide bonds. The first-order valence-corrected chi connectivity index (χ1v) is 4.24. The minimum Gasteiger partial charge on any atom is -0.376 e. The van der Waals surface area contributed by atoms with Gasteiger partial charge in [0, 0.05) is 20.2 Å². The van der Waals surface area contributed by atoms with E-state index in [1.165, 1.54) is 13.0 Å². The van der Waals surface area contributed by atoms with Crippen LogP contribution in [0.3, 0.4) is 0 Å². The maximum atomic E-state index is 11.4. The summed E-state index contributed by atoms with van der Waals surface area (Å²) in [6.07, 6.45) is 1.56. The van der Waals surface area contributed by atoms with Crippen LogP contribution in [0.5, 0.6) is 0 Å². The molecule has 0 saturated carbocycles. The summed E-state index contributed by atoms with van der Waals surface area (Å²) in [5.41, 5.74) is 0.473. The number of hydrogen-bond acceptors (Lipinski definition) is 4. The van der Waals surface area contributed by atoms with Crippen LogP contribution < -0.4 is 10.5 Å². The third kappa shape index (κ3) is 2.42. The summed E-state index contributed by atoms with van der Waals surface area (Å²) in [7, 11) is 3.65. The minimum absolute atomic E-state index is 0.0343. The third-order valence-corrected chi connectivity index (χ3v) is 1.74. The van der Waals surface area contributed by atoms with Gasteiger partial charge >= 0.3 is 0 Å². The number of Topliss-reactive ketones (excluding diaryl/α,β-unsaturated/α-hetero) is 1. The lowest BCUT2D eigenvalue weighted by atomic mass is 10.4. The molecule has 1 aromatic heterocycles. The second-order valence-corrected chi connectivity index (χ2v) is 3.31. The van der Waals surface area contributed by atoms with Gasteiger partial charge in [-0.3, -0.25) is 9.59 Å². The van der Waals surface area contributed by atoms with Crippen molar-refractivity contribution in [2.24, 2.45) is 0 Å². The Kier molecular flexibility index (Phi) is 3.01. The number of nitrogens with zero attached hydrogens (tertiary/aromatic N) is 3. The van der Waals surface area contributed by atoms with E-state index in [0.717, 1.165) is 10.4 Å². The number of carbonyl (C=O) groups excluding carboxylic acids is 1. The van der Waals surface area contributed by atoms with Crippen molar-refractivity contribution in [1.82, 2.24) is 9.78 Å². The zero-order valence-electron chi connectivity index (χ0n) is 8.52. The first-order valence-electron chi connectivity index (χ1n) is 4.24. The smallest absolute Gasteiger partial charge is 0.269 e. The highest BCUT2D eigenvalue weighted by molar-refractivity contribution is 5.75. The predicted molar refractivity (Wildman–Crippen MR) is 53.5 cm³/mol. The van der Waals surface area contributed by atoms with Crippen LogP contribution in [0.25, 0.3) is 0 Å². The van der Waals surface area contributed by atoms with E-state index < -0.39 is 0 Å². The van der Waals surface area contributed by atoms with E-state index in [1.54, 1.807) is 11.1 Å². The fourth-order valence-corrected chi connectivity index (χ4v) is 0.998. The minimum atomic E-state index is -0.258. The topological polar surface area (TPSA) is 55.2 Å². The van der Waals surface area contributed by atoms with Crippen LogP contribution in [0.4, 0.5) is 5.69 Å². The Morgan fingerprint density at radius 3 is 2.64 bits per heavy atom. The molecule has 76 valence electrons. The van der Waals surface area contributed by atoms with Crippen molar-refractivity contribution in [3.8, 4) is 0 Å². The molecule has 0 saturated heterocycles. The van der Waals surface area contributed by atoms with Crippen molar-refractivity contribution in [1.29, 1.82) is 0 Å². The van der Waals surface area contributed by atoms with Crippen molar-refractivity contribution in [2.75, 3.05) is 19.0 Å². The average Bonchev–Trinajstić information content (AvgIpc) is 2.07. The predicted octanol–water partition coefficient (Wildman–Crippen LogP) is -0.102. The molecule has 0 radical (unpaired) electrons. The summed E-state index contributed by atoms with van der Waals surface area (Å²) in [6.45, 7) is 1.46. The fraction of sp³-hybridized carbons (Fsp3) is 0.444. The molecule has 1 heterocycles. The molecule has 0 fully saturated rings. The van der Waals surface area contributed by atoms with Gasteiger partial charge in [0.05, 0.1) is 11.9 Å². The maximum absolute atomic E-state index is 11.4. The molecule has 0 atom stereocenters. The lowest BCUT2D eigenvalue weighted by Gasteiger charge is -2.11. The highest BCUT2D eigenvalue weighted by Gasteiger charge is 2.02. The van der Waals surface area contributed by atoms with Gasteiger partial charge in [-0.2, -0.15) is 5.10 Å². The molecule has 0 unspecified atom stereocenters. The Hall–Kier alpha value is -1.65. The number of carbonyl (C=O) groups is 1. The van der Waals surface area contributed by atoms with Gasteiger partial charge in [0.2, 0.25) is 0 Å². The van der Waals surface area contributed by atoms with E-state index in [4.69, 9.17) is 0 Å². The average molecular weight is 195 g/mol. The molecule has 1 aromatic rings. The summed E-state index contributed by atoms with van der Waals surface area (Å²) in [6, 6.07) is 1.45. The zero-order chi connectivity index (χ0) is 10.7. The van der Waals surface area contributed by atoms with E-state index in [0.29, 0.717) is 0 Å². The van der Waals surface area contributed by atoms with Crippen molar-refractivity contribution < 1.29 is 4.79 Å². The second-order valence-electron chi connectivity index (χ2n) is 3.31. The van der Waals surface area contributed by atoms with Gasteiger partial charge in [-0.05, 0) is 6.92 Å². The van der Waals surface area contributed by atoms with Gasteiger partial charge < -0.3 is 4.90 Å². The monoisotopic (exact) mass is 195 g/mol. The fourth-order valence-electron chi connectivity index (χ4n) is 0.998. The Morgan fingerprint density at radius 1 is 1.57 bits per heavy atom.